The Labute approximate surface area is 157 Å². The zero-order chi connectivity index (χ0) is 18.4. The van der Waals surface area contributed by atoms with Gasteiger partial charge in [-0.3, -0.25) is 4.79 Å². The smallest absolute Gasteiger partial charge is 0.233 e. The summed E-state index contributed by atoms with van der Waals surface area (Å²) >= 11 is 0. The molecule has 4 nitrogen and oxygen atoms in total. The number of H-pyrrole nitrogens is 1. The molecule has 1 aromatic heterocycles. The topological polar surface area (TPSA) is 39.3 Å². The molecular weight excluding hydrogens is 341 g/mol. The highest BCUT2D eigenvalue weighted by Crippen LogP contribution is 2.52. The summed E-state index contributed by atoms with van der Waals surface area (Å²) in [6, 6.07) is 15.1. The van der Waals surface area contributed by atoms with Crippen LogP contribution in [0.5, 0.6) is 0 Å². The monoisotopic (exact) mass is 363 g/mol. The Morgan fingerprint density at radius 3 is 2.44 bits per heavy atom. The summed E-state index contributed by atoms with van der Waals surface area (Å²) in [5.41, 5.74) is 2.57. The molecule has 5 heteroatoms. The second-order valence-electron chi connectivity index (χ2n) is 7.59. The Balaban J connectivity index is 1.36. The van der Waals surface area contributed by atoms with Crippen LogP contribution in [0.3, 0.4) is 0 Å². The van der Waals surface area contributed by atoms with Crippen LogP contribution in [0.25, 0.3) is 10.9 Å². The van der Waals surface area contributed by atoms with E-state index in [2.05, 4.69) is 22.0 Å². The molecule has 2 aliphatic rings. The second kappa shape index (κ2) is 6.12. The maximum atomic E-state index is 13.7. The van der Waals surface area contributed by atoms with E-state index in [-0.39, 0.29) is 11.7 Å². The highest BCUT2D eigenvalue weighted by molar-refractivity contribution is 5.97. The van der Waals surface area contributed by atoms with Gasteiger partial charge in [-0.05, 0) is 48.7 Å². The summed E-state index contributed by atoms with van der Waals surface area (Å²) in [7, 11) is 0. The molecule has 1 aliphatic heterocycles. The number of nitrogens with one attached hydrogen (secondary N) is 1. The minimum absolute atomic E-state index is 0.195. The highest BCUT2D eigenvalue weighted by Gasteiger charge is 2.54. The molecule has 1 aliphatic carbocycles. The van der Waals surface area contributed by atoms with Gasteiger partial charge in [0.15, 0.2) is 0 Å². The van der Waals surface area contributed by atoms with Gasteiger partial charge in [0.2, 0.25) is 5.91 Å². The maximum Gasteiger partial charge on any atom is 0.233 e. The number of rotatable bonds is 3. The number of piperazine rings is 1. The number of fused-ring (bicyclic) bond motifs is 1. The summed E-state index contributed by atoms with van der Waals surface area (Å²) in [6.07, 6.45) is 3.58. The molecule has 27 heavy (non-hydrogen) atoms. The molecule has 1 N–H and O–H groups in total. The molecule has 0 spiro atoms. The molecule has 5 rings (SSSR count). The molecule has 2 fully saturated rings. The average molecular weight is 363 g/mol. The minimum atomic E-state index is -0.471. The van der Waals surface area contributed by atoms with Crippen LogP contribution in [0.1, 0.15) is 18.4 Å². The molecule has 0 unspecified atom stereocenters. The van der Waals surface area contributed by atoms with Gasteiger partial charge in [-0.1, -0.05) is 18.2 Å². The zero-order valence-electron chi connectivity index (χ0n) is 15.1. The van der Waals surface area contributed by atoms with Crippen molar-refractivity contribution in [3.05, 3.63) is 66.1 Å². The number of halogens is 1. The lowest BCUT2D eigenvalue weighted by molar-refractivity contribution is -0.134. The van der Waals surface area contributed by atoms with Gasteiger partial charge in [0.25, 0.3) is 0 Å². The first kappa shape index (κ1) is 16.4. The molecule has 1 amide bonds. The number of nitrogens with zero attached hydrogens (tertiary/aromatic N) is 2. The summed E-state index contributed by atoms with van der Waals surface area (Å²) in [5, 5.41) is 0.837. The number of hydrogen-bond donors (Lipinski definition) is 1. The number of aromatic amines is 1. The third kappa shape index (κ3) is 2.69. The van der Waals surface area contributed by atoms with E-state index < -0.39 is 5.41 Å². The van der Waals surface area contributed by atoms with Crippen LogP contribution in [0, 0.1) is 5.82 Å². The maximum absolute atomic E-state index is 13.7. The van der Waals surface area contributed by atoms with Gasteiger partial charge in [-0.25, -0.2) is 4.39 Å². The predicted molar refractivity (Wildman–Crippen MR) is 104 cm³/mol. The largest absolute Gasteiger partial charge is 0.368 e. The Kier molecular flexibility index (Phi) is 3.71. The summed E-state index contributed by atoms with van der Waals surface area (Å²) in [4.78, 5) is 20.9. The molecular formula is C22H22FN3O. The van der Waals surface area contributed by atoms with Crippen LogP contribution in [0.4, 0.5) is 10.1 Å². The molecule has 2 aromatic carbocycles. The van der Waals surface area contributed by atoms with Gasteiger partial charge in [-0.15, -0.1) is 0 Å². The Hall–Kier alpha value is -2.82. The lowest BCUT2D eigenvalue weighted by Crippen LogP contribution is -2.51. The van der Waals surface area contributed by atoms with E-state index in [1.807, 2.05) is 29.3 Å². The third-order valence-electron chi connectivity index (χ3n) is 6.01. The lowest BCUT2D eigenvalue weighted by atomic mass is 9.93. The van der Waals surface area contributed by atoms with Crippen molar-refractivity contribution in [2.75, 3.05) is 31.1 Å². The number of amides is 1. The Morgan fingerprint density at radius 1 is 1.00 bits per heavy atom. The number of anilines is 1. The average Bonchev–Trinajstić information content (AvgIpc) is 3.41. The SMILES string of the molecule is O=C(N1CCN(c2ccccc2)CC1)C1(c2c[nH]c3ccc(F)cc23)CC1. The van der Waals surface area contributed by atoms with E-state index >= 15 is 0 Å². The van der Waals surface area contributed by atoms with E-state index in [4.69, 9.17) is 0 Å². The van der Waals surface area contributed by atoms with Gasteiger partial charge in [0, 0.05) is 49.0 Å². The standard InChI is InChI=1S/C22H22FN3O/c23-16-6-7-20-18(14-16)19(15-24-20)22(8-9-22)21(27)26-12-10-25(11-13-26)17-4-2-1-3-5-17/h1-7,14-15,24H,8-13H2. The zero-order valence-corrected chi connectivity index (χ0v) is 15.1. The molecule has 0 bridgehead atoms. The fourth-order valence-electron chi connectivity index (χ4n) is 4.32. The van der Waals surface area contributed by atoms with Crippen LogP contribution in [-0.2, 0) is 10.2 Å². The van der Waals surface area contributed by atoms with Crippen LogP contribution in [0.15, 0.2) is 54.7 Å². The first-order valence-electron chi connectivity index (χ1n) is 9.54. The van der Waals surface area contributed by atoms with E-state index in [0.717, 1.165) is 55.5 Å². The first-order valence-corrected chi connectivity index (χ1v) is 9.54. The third-order valence-corrected chi connectivity index (χ3v) is 6.01. The van der Waals surface area contributed by atoms with E-state index in [0.29, 0.717) is 0 Å². The van der Waals surface area contributed by atoms with Crippen molar-refractivity contribution in [1.29, 1.82) is 0 Å². The van der Waals surface area contributed by atoms with E-state index in [1.165, 1.54) is 11.8 Å². The molecule has 3 aromatic rings. The van der Waals surface area contributed by atoms with Crippen molar-refractivity contribution in [3.63, 3.8) is 0 Å². The number of aromatic nitrogens is 1. The molecule has 2 heterocycles. The normalized spacial score (nSPS) is 18.7. The van der Waals surface area contributed by atoms with E-state index in [1.54, 1.807) is 12.1 Å². The van der Waals surface area contributed by atoms with Crippen molar-refractivity contribution >= 4 is 22.5 Å². The number of para-hydroxylation sites is 1. The number of hydrogen-bond acceptors (Lipinski definition) is 2. The van der Waals surface area contributed by atoms with Crippen molar-refractivity contribution < 1.29 is 9.18 Å². The lowest BCUT2D eigenvalue weighted by Gasteiger charge is -2.37. The van der Waals surface area contributed by atoms with Gasteiger partial charge in [0.05, 0.1) is 5.41 Å². The van der Waals surface area contributed by atoms with Gasteiger partial charge in [-0.2, -0.15) is 0 Å². The minimum Gasteiger partial charge on any atom is -0.368 e. The van der Waals surface area contributed by atoms with Crippen molar-refractivity contribution in [1.82, 2.24) is 9.88 Å². The fraction of sp³-hybridized carbons (Fsp3) is 0.318. The first-order chi connectivity index (χ1) is 13.2. The predicted octanol–water partition coefficient (Wildman–Crippen LogP) is 3.69. The number of benzene rings is 2. The summed E-state index contributed by atoms with van der Waals surface area (Å²) in [5.74, 6) is -0.0663. The molecule has 1 saturated carbocycles. The van der Waals surface area contributed by atoms with Gasteiger partial charge < -0.3 is 14.8 Å². The van der Waals surface area contributed by atoms with Gasteiger partial charge in [0.1, 0.15) is 5.82 Å². The number of carbonyl (C=O) groups is 1. The fourth-order valence-corrected chi connectivity index (χ4v) is 4.32. The quantitative estimate of drug-likeness (QED) is 0.771. The van der Waals surface area contributed by atoms with Gasteiger partial charge >= 0.3 is 0 Å². The van der Waals surface area contributed by atoms with Crippen molar-refractivity contribution in [2.45, 2.75) is 18.3 Å². The van der Waals surface area contributed by atoms with Crippen LogP contribution in [0.2, 0.25) is 0 Å². The highest BCUT2D eigenvalue weighted by atomic mass is 19.1. The number of carbonyl (C=O) groups excluding carboxylic acids is 1. The molecule has 138 valence electrons. The van der Waals surface area contributed by atoms with Crippen molar-refractivity contribution in [3.8, 4) is 0 Å². The van der Waals surface area contributed by atoms with Crippen LogP contribution >= 0.6 is 0 Å². The van der Waals surface area contributed by atoms with Crippen molar-refractivity contribution in [2.24, 2.45) is 0 Å². The van der Waals surface area contributed by atoms with Crippen LogP contribution in [-0.4, -0.2) is 42.0 Å². The molecule has 1 saturated heterocycles. The molecule has 0 radical (unpaired) electrons. The Morgan fingerprint density at radius 2 is 1.74 bits per heavy atom. The second-order valence-corrected chi connectivity index (χ2v) is 7.59. The van der Waals surface area contributed by atoms with E-state index in [9.17, 15) is 9.18 Å². The summed E-state index contributed by atoms with van der Waals surface area (Å²) < 4.78 is 13.7. The van der Waals surface area contributed by atoms with Crippen LogP contribution < -0.4 is 4.90 Å². The summed E-state index contributed by atoms with van der Waals surface area (Å²) in [6.45, 7) is 3.14. The molecule has 0 atom stereocenters. The Bertz CT molecular complexity index is 985.